The molecule has 0 bridgehead atoms. The van der Waals surface area contributed by atoms with E-state index in [-0.39, 0.29) is 12.4 Å². The van der Waals surface area contributed by atoms with Crippen molar-refractivity contribution in [1.29, 1.82) is 0 Å². The van der Waals surface area contributed by atoms with Gasteiger partial charge in [0, 0.05) is 5.56 Å². The summed E-state index contributed by atoms with van der Waals surface area (Å²) in [5, 5.41) is 4.09. The number of halogens is 1. The molecule has 2 heterocycles. The molecule has 0 unspecified atom stereocenters. The van der Waals surface area contributed by atoms with Crippen molar-refractivity contribution in [3.63, 3.8) is 0 Å². The molecule has 25 heavy (non-hydrogen) atoms. The van der Waals surface area contributed by atoms with E-state index in [1.54, 1.807) is 0 Å². The van der Waals surface area contributed by atoms with Gasteiger partial charge in [0.2, 0.25) is 11.8 Å². The number of aromatic nitrogens is 3. The summed E-state index contributed by atoms with van der Waals surface area (Å²) in [6, 6.07) is 9.82. The third kappa shape index (κ3) is 3.45. The van der Waals surface area contributed by atoms with Gasteiger partial charge in [-0.25, -0.2) is 4.98 Å². The second-order valence-electron chi connectivity index (χ2n) is 6.44. The fraction of sp³-hybridized carbons (Fsp3) is 0.389. The van der Waals surface area contributed by atoms with E-state index < -0.39 is 5.54 Å². The van der Waals surface area contributed by atoms with Crippen molar-refractivity contribution in [1.82, 2.24) is 15.1 Å². The van der Waals surface area contributed by atoms with Crippen LogP contribution in [-0.4, -0.2) is 15.1 Å². The third-order valence-corrected chi connectivity index (χ3v) is 4.64. The largest absolute Gasteiger partial charge is 0.441 e. The van der Waals surface area contributed by atoms with Crippen LogP contribution in [-0.2, 0) is 12.0 Å². The van der Waals surface area contributed by atoms with Crippen LogP contribution in [0.3, 0.4) is 0 Å². The summed E-state index contributed by atoms with van der Waals surface area (Å²) in [5.74, 6) is 2.50. The highest BCUT2D eigenvalue weighted by Crippen LogP contribution is 2.34. The van der Waals surface area contributed by atoms with Crippen molar-refractivity contribution >= 4 is 12.4 Å². The van der Waals surface area contributed by atoms with E-state index in [4.69, 9.17) is 14.7 Å². The molecule has 0 amide bonds. The molecule has 2 N–H and O–H groups in total. The minimum Gasteiger partial charge on any atom is -0.441 e. The average molecular weight is 361 g/mol. The van der Waals surface area contributed by atoms with E-state index in [9.17, 15) is 0 Å². The monoisotopic (exact) mass is 360 g/mol. The predicted octanol–water partition coefficient (Wildman–Crippen LogP) is 3.77. The first-order valence-corrected chi connectivity index (χ1v) is 8.28. The molecule has 7 heteroatoms. The van der Waals surface area contributed by atoms with Crippen molar-refractivity contribution in [2.24, 2.45) is 5.73 Å². The molecule has 0 aliphatic heterocycles. The molecule has 0 spiro atoms. The molecular weight excluding hydrogens is 340 g/mol. The Balaban J connectivity index is 0.00000182. The first kappa shape index (κ1) is 17.6. The lowest BCUT2D eigenvalue weighted by molar-refractivity contribution is 0.351. The van der Waals surface area contributed by atoms with E-state index in [0.717, 1.165) is 42.7 Å². The summed E-state index contributed by atoms with van der Waals surface area (Å²) >= 11 is 0. The molecule has 2 aromatic heterocycles. The van der Waals surface area contributed by atoms with Crippen molar-refractivity contribution in [3.8, 4) is 11.5 Å². The first-order chi connectivity index (χ1) is 11.6. The summed E-state index contributed by atoms with van der Waals surface area (Å²) in [6.45, 7) is 1.90. The summed E-state index contributed by atoms with van der Waals surface area (Å²) < 4.78 is 11.2. The maximum atomic E-state index is 6.38. The maximum Gasteiger partial charge on any atom is 0.232 e. The molecule has 6 nitrogen and oxygen atoms in total. The lowest BCUT2D eigenvalue weighted by atomic mass is 9.99. The van der Waals surface area contributed by atoms with Crippen LogP contribution >= 0.6 is 12.4 Å². The van der Waals surface area contributed by atoms with E-state index >= 15 is 0 Å². The Morgan fingerprint density at radius 3 is 2.56 bits per heavy atom. The smallest absolute Gasteiger partial charge is 0.232 e. The van der Waals surface area contributed by atoms with Crippen molar-refractivity contribution in [2.45, 2.75) is 44.6 Å². The second kappa shape index (κ2) is 6.98. The van der Waals surface area contributed by atoms with Gasteiger partial charge in [-0.2, -0.15) is 4.98 Å². The number of hydrogen-bond donors (Lipinski definition) is 1. The average Bonchev–Trinajstić information content (AvgIpc) is 3.31. The zero-order valence-corrected chi connectivity index (χ0v) is 14.9. The number of nitrogens with two attached hydrogens (primary N) is 1. The van der Waals surface area contributed by atoms with Gasteiger partial charge < -0.3 is 14.7 Å². The van der Waals surface area contributed by atoms with E-state index in [2.05, 4.69) is 15.1 Å². The zero-order valence-electron chi connectivity index (χ0n) is 14.1. The minimum atomic E-state index is -0.435. The number of aryl methyl sites for hydroxylation is 1. The van der Waals surface area contributed by atoms with Gasteiger partial charge in [-0.15, -0.1) is 12.4 Å². The highest BCUT2D eigenvalue weighted by molar-refractivity contribution is 5.85. The molecule has 1 fully saturated rings. The van der Waals surface area contributed by atoms with Gasteiger partial charge >= 0.3 is 0 Å². The summed E-state index contributed by atoms with van der Waals surface area (Å²) in [6.07, 6.45) is 4.50. The molecule has 1 aliphatic rings. The zero-order chi connectivity index (χ0) is 16.6. The van der Waals surface area contributed by atoms with Gasteiger partial charge in [-0.3, -0.25) is 0 Å². The molecule has 0 radical (unpaired) electrons. The quantitative estimate of drug-likeness (QED) is 0.761. The first-order valence-electron chi connectivity index (χ1n) is 8.28. The number of nitrogens with zero attached hydrogens (tertiary/aromatic N) is 3. The highest BCUT2D eigenvalue weighted by Gasteiger charge is 2.36. The Labute approximate surface area is 152 Å². The maximum absolute atomic E-state index is 6.38. The molecule has 1 saturated carbocycles. The SMILES string of the molecule is Cc1oc(-c2ccccc2)nc1Cc1nc(C2(N)CCCC2)no1.Cl. The van der Waals surface area contributed by atoms with Crippen molar-refractivity contribution < 1.29 is 8.94 Å². The Kier molecular flexibility index (Phi) is 4.92. The molecular formula is C18H21ClN4O2. The summed E-state index contributed by atoms with van der Waals surface area (Å²) in [4.78, 5) is 9.07. The Morgan fingerprint density at radius 1 is 1.12 bits per heavy atom. The fourth-order valence-corrected chi connectivity index (χ4v) is 3.20. The molecule has 4 rings (SSSR count). The third-order valence-electron chi connectivity index (χ3n) is 4.64. The van der Waals surface area contributed by atoms with Crippen molar-refractivity contribution in [3.05, 3.63) is 53.5 Å². The van der Waals surface area contributed by atoms with Gasteiger partial charge in [0.15, 0.2) is 5.82 Å². The normalized spacial score (nSPS) is 15.9. The highest BCUT2D eigenvalue weighted by atomic mass is 35.5. The predicted molar refractivity (Wildman–Crippen MR) is 95.4 cm³/mol. The number of hydrogen-bond acceptors (Lipinski definition) is 6. The number of benzene rings is 1. The van der Waals surface area contributed by atoms with E-state index in [0.29, 0.717) is 24.0 Å². The van der Waals surface area contributed by atoms with Crippen molar-refractivity contribution in [2.75, 3.05) is 0 Å². The van der Waals surface area contributed by atoms with Crippen LogP contribution in [0.5, 0.6) is 0 Å². The molecule has 0 atom stereocenters. The van der Waals surface area contributed by atoms with E-state index in [1.807, 2.05) is 37.3 Å². The van der Waals surface area contributed by atoms with Crippen LogP contribution in [0.2, 0.25) is 0 Å². The standard InChI is InChI=1S/C18H20N4O2.ClH/c1-12-14(20-16(23-12)13-7-3-2-4-8-13)11-15-21-17(22-24-15)18(19)9-5-6-10-18;/h2-4,7-8H,5-6,9-11,19H2,1H3;1H. The van der Waals surface area contributed by atoms with E-state index in [1.165, 1.54) is 0 Å². The lowest BCUT2D eigenvalue weighted by Gasteiger charge is -2.17. The van der Waals surface area contributed by atoms with Crippen LogP contribution < -0.4 is 5.73 Å². The van der Waals surface area contributed by atoms with Crippen LogP contribution in [0.1, 0.15) is 48.9 Å². The lowest BCUT2D eigenvalue weighted by Crippen LogP contribution is -2.34. The van der Waals surface area contributed by atoms with Crippen LogP contribution in [0, 0.1) is 6.92 Å². The van der Waals surface area contributed by atoms with Gasteiger partial charge in [0.1, 0.15) is 5.76 Å². The summed E-state index contributed by atoms with van der Waals surface area (Å²) in [7, 11) is 0. The minimum absolute atomic E-state index is 0. The molecule has 1 aromatic carbocycles. The van der Waals surface area contributed by atoms with Gasteiger partial charge in [-0.05, 0) is 31.9 Å². The Hall–Kier alpha value is -2.18. The second-order valence-corrected chi connectivity index (χ2v) is 6.44. The van der Waals surface area contributed by atoms with Gasteiger partial charge in [0.05, 0.1) is 17.7 Å². The Bertz CT molecular complexity index is 838. The number of rotatable bonds is 4. The van der Waals surface area contributed by atoms with Crippen LogP contribution in [0.15, 0.2) is 39.3 Å². The molecule has 1 aliphatic carbocycles. The molecule has 3 aromatic rings. The fourth-order valence-electron chi connectivity index (χ4n) is 3.20. The van der Waals surface area contributed by atoms with Gasteiger partial charge in [0.25, 0.3) is 0 Å². The van der Waals surface area contributed by atoms with Gasteiger partial charge in [-0.1, -0.05) is 36.2 Å². The van der Waals surface area contributed by atoms with Crippen LogP contribution in [0.4, 0.5) is 0 Å². The van der Waals surface area contributed by atoms with Crippen LogP contribution in [0.25, 0.3) is 11.5 Å². The molecule has 0 saturated heterocycles. The summed E-state index contributed by atoms with van der Waals surface area (Å²) in [5.41, 5.74) is 7.70. The molecule has 132 valence electrons. The number of oxazole rings is 1. The topological polar surface area (TPSA) is 91.0 Å². The Morgan fingerprint density at radius 2 is 1.84 bits per heavy atom.